The molecule has 49 heavy (non-hydrogen) atoms. The third-order valence-electron chi connectivity index (χ3n) is 9.05. The molecule has 0 spiro atoms. The van der Waals surface area contributed by atoms with E-state index in [-0.39, 0.29) is 11.9 Å². The van der Waals surface area contributed by atoms with Gasteiger partial charge in [0.25, 0.3) is 0 Å². The summed E-state index contributed by atoms with van der Waals surface area (Å²) in [6.07, 6.45) is 30.7. The molecular formula is C41H81N5O3. The van der Waals surface area contributed by atoms with Gasteiger partial charge in [-0.05, 0) is 44.9 Å². The smallest absolute Gasteiger partial charge is 0.220 e. The van der Waals surface area contributed by atoms with Crippen LogP contribution in [0.15, 0.2) is 36.8 Å². The molecule has 1 amide bonds. The van der Waals surface area contributed by atoms with E-state index in [0.717, 1.165) is 69.4 Å². The molecule has 288 valence electrons. The molecule has 7 N–H and O–H groups in total. The highest BCUT2D eigenvalue weighted by Crippen LogP contribution is 2.14. The first-order valence-electron chi connectivity index (χ1n) is 20.3. The van der Waals surface area contributed by atoms with Gasteiger partial charge in [0.1, 0.15) is 0 Å². The Morgan fingerprint density at radius 3 is 1.59 bits per heavy atom. The fourth-order valence-electron chi connectivity index (χ4n) is 5.76. The molecule has 1 atom stereocenters. The SMILES string of the molecule is C=C(CCCCCCCNC(=C)COCCOCCNC(=O)CCCCCCCCCCCCCCCCC)NCCCCC(N)C(=C)N. The van der Waals surface area contributed by atoms with Crippen molar-refractivity contribution in [2.45, 2.75) is 173 Å². The maximum Gasteiger partial charge on any atom is 0.220 e. The number of hydrogen-bond donors (Lipinski definition) is 5. The maximum absolute atomic E-state index is 12.0. The third kappa shape index (κ3) is 37.1. The van der Waals surface area contributed by atoms with Gasteiger partial charge < -0.3 is 36.9 Å². The van der Waals surface area contributed by atoms with Gasteiger partial charge in [0.05, 0.1) is 26.4 Å². The first kappa shape index (κ1) is 47.0. The number of unbranched alkanes of at least 4 members (excludes halogenated alkanes) is 19. The van der Waals surface area contributed by atoms with Crippen LogP contribution in [0.4, 0.5) is 0 Å². The van der Waals surface area contributed by atoms with E-state index < -0.39 is 0 Å². The molecule has 8 heteroatoms. The van der Waals surface area contributed by atoms with Gasteiger partial charge in [-0.1, -0.05) is 136 Å². The Bertz CT molecular complexity index is 791. The van der Waals surface area contributed by atoms with Gasteiger partial charge in [-0.15, -0.1) is 0 Å². The molecule has 0 rings (SSSR count). The van der Waals surface area contributed by atoms with Crippen LogP contribution >= 0.6 is 0 Å². The van der Waals surface area contributed by atoms with Crippen molar-refractivity contribution in [3.05, 3.63) is 36.8 Å². The molecule has 0 aromatic rings. The lowest BCUT2D eigenvalue weighted by molar-refractivity contribution is -0.121. The minimum Gasteiger partial charge on any atom is -0.401 e. The quantitative estimate of drug-likeness (QED) is 0.0407. The number of allylic oxidation sites excluding steroid dienone is 1. The summed E-state index contributed by atoms with van der Waals surface area (Å²) in [5.74, 6) is 0.135. The van der Waals surface area contributed by atoms with E-state index >= 15 is 0 Å². The third-order valence-corrected chi connectivity index (χ3v) is 9.05. The van der Waals surface area contributed by atoms with Crippen LogP contribution < -0.4 is 27.4 Å². The van der Waals surface area contributed by atoms with Crippen molar-refractivity contribution in [1.29, 1.82) is 0 Å². The fourth-order valence-corrected chi connectivity index (χ4v) is 5.76. The topological polar surface area (TPSA) is 124 Å². The number of nitrogens with one attached hydrogen (secondary N) is 3. The van der Waals surface area contributed by atoms with Crippen molar-refractivity contribution in [2.24, 2.45) is 11.5 Å². The summed E-state index contributed by atoms with van der Waals surface area (Å²) in [7, 11) is 0. The van der Waals surface area contributed by atoms with E-state index in [4.69, 9.17) is 20.9 Å². The highest BCUT2D eigenvalue weighted by molar-refractivity contribution is 5.75. The van der Waals surface area contributed by atoms with E-state index in [9.17, 15) is 4.79 Å². The standard InChI is InChI=1S/C41H81N5O3/c1-5-6-7-8-9-10-11-12-13-14-15-16-17-20-23-29-41(47)46-32-33-48-34-35-49-36-38(3)45-30-25-21-18-19-22-27-37(2)44-31-26-24-28-40(43)39(4)42/h40,44-45H,2-36,42-43H2,1H3,(H,46,47). The van der Waals surface area contributed by atoms with Crippen LogP contribution in [0.2, 0.25) is 0 Å². The summed E-state index contributed by atoms with van der Waals surface area (Å²) in [6.45, 7) is 18.6. The van der Waals surface area contributed by atoms with Crippen LogP contribution in [0.25, 0.3) is 0 Å². The Kier molecular flexibility index (Phi) is 35.7. The molecule has 0 saturated heterocycles. The van der Waals surface area contributed by atoms with Crippen LogP contribution in [0, 0.1) is 0 Å². The summed E-state index contributed by atoms with van der Waals surface area (Å²) in [4.78, 5) is 12.0. The zero-order chi connectivity index (χ0) is 36.0. The van der Waals surface area contributed by atoms with Crippen molar-refractivity contribution < 1.29 is 14.3 Å². The molecule has 0 aliphatic rings. The number of nitrogens with two attached hydrogens (primary N) is 2. The van der Waals surface area contributed by atoms with Gasteiger partial charge in [0, 0.05) is 49.2 Å². The number of ether oxygens (including phenoxy) is 2. The Morgan fingerprint density at radius 2 is 1.02 bits per heavy atom. The predicted molar refractivity (Wildman–Crippen MR) is 211 cm³/mol. The van der Waals surface area contributed by atoms with Crippen molar-refractivity contribution in [3.63, 3.8) is 0 Å². The van der Waals surface area contributed by atoms with E-state index in [2.05, 4.69) is 42.6 Å². The van der Waals surface area contributed by atoms with Crippen LogP contribution in [-0.2, 0) is 14.3 Å². The highest BCUT2D eigenvalue weighted by atomic mass is 16.5. The second kappa shape index (κ2) is 37.2. The average molecular weight is 692 g/mol. The van der Waals surface area contributed by atoms with Crippen molar-refractivity contribution >= 4 is 5.91 Å². The van der Waals surface area contributed by atoms with Gasteiger partial charge in [0.15, 0.2) is 0 Å². The molecule has 0 aliphatic carbocycles. The largest absolute Gasteiger partial charge is 0.401 e. The van der Waals surface area contributed by atoms with Gasteiger partial charge in [-0.3, -0.25) is 4.79 Å². The summed E-state index contributed by atoms with van der Waals surface area (Å²) >= 11 is 0. The first-order chi connectivity index (χ1) is 23.9. The molecule has 0 aliphatic heterocycles. The lowest BCUT2D eigenvalue weighted by Crippen LogP contribution is -2.27. The lowest BCUT2D eigenvalue weighted by atomic mass is 10.0. The molecule has 0 saturated carbocycles. The second-order valence-corrected chi connectivity index (χ2v) is 14.0. The molecule has 0 fully saturated rings. The molecule has 1 unspecified atom stereocenters. The summed E-state index contributed by atoms with van der Waals surface area (Å²) in [5, 5.41) is 9.75. The van der Waals surface area contributed by atoms with Crippen LogP contribution in [-0.4, -0.2) is 58.0 Å². The number of carbonyl (C=O) groups excluding carboxylic acids is 1. The molecule has 0 heterocycles. The number of rotatable bonds is 40. The lowest BCUT2D eigenvalue weighted by Gasteiger charge is -2.12. The van der Waals surface area contributed by atoms with E-state index in [1.807, 2.05) is 0 Å². The summed E-state index contributed by atoms with van der Waals surface area (Å²) in [5.41, 5.74) is 14.1. The van der Waals surface area contributed by atoms with E-state index in [0.29, 0.717) is 45.1 Å². The zero-order valence-electron chi connectivity index (χ0n) is 32.2. The first-order valence-corrected chi connectivity index (χ1v) is 20.3. The van der Waals surface area contributed by atoms with Gasteiger partial charge in [-0.2, -0.15) is 0 Å². The molecule has 0 radical (unpaired) electrons. The Hall–Kier alpha value is -2.03. The fraction of sp³-hybridized carbons (Fsp3) is 0.829. The van der Waals surface area contributed by atoms with Gasteiger partial charge in [0.2, 0.25) is 5.91 Å². The van der Waals surface area contributed by atoms with E-state index in [1.54, 1.807) is 0 Å². The second-order valence-electron chi connectivity index (χ2n) is 14.0. The summed E-state index contributed by atoms with van der Waals surface area (Å²) in [6, 6.07) is -0.0912. The average Bonchev–Trinajstić information content (AvgIpc) is 3.08. The minimum absolute atomic E-state index is 0.0912. The molecule has 0 aromatic heterocycles. The monoisotopic (exact) mass is 692 g/mol. The number of amides is 1. The maximum atomic E-state index is 12.0. The van der Waals surface area contributed by atoms with Gasteiger partial charge in [-0.25, -0.2) is 0 Å². The van der Waals surface area contributed by atoms with E-state index in [1.165, 1.54) is 109 Å². The molecular weight excluding hydrogens is 610 g/mol. The Balaban J connectivity index is 3.33. The van der Waals surface area contributed by atoms with Crippen LogP contribution in [0.1, 0.15) is 167 Å². The van der Waals surface area contributed by atoms with Gasteiger partial charge >= 0.3 is 0 Å². The Labute approximate surface area is 303 Å². The van der Waals surface area contributed by atoms with Crippen LogP contribution in [0.3, 0.4) is 0 Å². The van der Waals surface area contributed by atoms with Crippen molar-refractivity contribution in [3.8, 4) is 0 Å². The summed E-state index contributed by atoms with van der Waals surface area (Å²) < 4.78 is 11.2. The molecule has 8 nitrogen and oxygen atoms in total. The zero-order valence-corrected chi connectivity index (χ0v) is 32.2. The number of carbonyl (C=O) groups is 1. The molecule has 0 bridgehead atoms. The van der Waals surface area contributed by atoms with Crippen molar-refractivity contribution in [2.75, 3.05) is 46.1 Å². The predicted octanol–water partition coefficient (Wildman–Crippen LogP) is 8.91. The minimum atomic E-state index is -0.0912. The molecule has 0 aromatic carbocycles. The van der Waals surface area contributed by atoms with Crippen LogP contribution in [0.5, 0.6) is 0 Å². The normalized spacial score (nSPS) is 11.7. The Morgan fingerprint density at radius 1 is 0.551 bits per heavy atom. The number of hydrogen-bond acceptors (Lipinski definition) is 7. The van der Waals surface area contributed by atoms with Crippen molar-refractivity contribution in [1.82, 2.24) is 16.0 Å². The highest BCUT2D eigenvalue weighted by Gasteiger charge is 2.04.